The first-order valence-corrected chi connectivity index (χ1v) is 15.7. The van der Waals surface area contributed by atoms with Crippen LogP contribution in [0, 0.1) is 11.8 Å². The zero-order chi connectivity index (χ0) is 33.4. The van der Waals surface area contributed by atoms with E-state index in [-0.39, 0.29) is 30.2 Å². The molecule has 1 fully saturated rings. The van der Waals surface area contributed by atoms with Gasteiger partial charge in [-0.2, -0.15) is 0 Å². The molecule has 0 bridgehead atoms. The molecule has 1 heterocycles. The summed E-state index contributed by atoms with van der Waals surface area (Å²) in [6.07, 6.45) is 0.135. The van der Waals surface area contributed by atoms with Crippen molar-refractivity contribution in [3.63, 3.8) is 0 Å². The van der Waals surface area contributed by atoms with E-state index >= 15 is 0 Å². The zero-order valence-electron chi connectivity index (χ0n) is 28.0. The summed E-state index contributed by atoms with van der Waals surface area (Å²) in [5.41, 5.74) is 5.39. The van der Waals surface area contributed by atoms with Crippen LogP contribution in [0.2, 0.25) is 0 Å². The van der Waals surface area contributed by atoms with Crippen LogP contribution in [-0.4, -0.2) is 108 Å². The molecular formula is C33H56N4O7. The van der Waals surface area contributed by atoms with E-state index in [9.17, 15) is 24.6 Å². The van der Waals surface area contributed by atoms with Crippen molar-refractivity contribution in [2.24, 2.45) is 17.6 Å². The van der Waals surface area contributed by atoms with E-state index in [1.165, 1.54) is 25.9 Å². The summed E-state index contributed by atoms with van der Waals surface area (Å²) in [6, 6.07) is 6.70. The van der Waals surface area contributed by atoms with Crippen LogP contribution in [0.15, 0.2) is 30.3 Å². The van der Waals surface area contributed by atoms with E-state index in [1.54, 1.807) is 32.9 Å². The molecule has 5 N–H and O–H groups in total. The van der Waals surface area contributed by atoms with Gasteiger partial charge in [-0.3, -0.25) is 14.4 Å². The second kappa shape index (κ2) is 16.7. The first kappa shape index (κ1) is 37.6. The number of methoxy groups -OCH3 is 2. The number of likely N-dealkylation sites (N-methyl/N-ethyl adjacent to an activating group) is 1. The van der Waals surface area contributed by atoms with Crippen molar-refractivity contribution in [3.8, 4) is 0 Å². The van der Waals surface area contributed by atoms with Gasteiger partial charge >= 0.3 is 0 Å². The highest BCUT2D eigenvalue weighted by molar-refractivity contribution is 5.83. The third kappa shape index (κ3) is 9.23. The SMILES string of the molecule is CC[C@H](C)[C@@H]([C@@H](CC(=O)N1CCC[C@H]1[C@H](OC)[C@@H](C)C(=O)N[C@H](C)[C@@H](O)c1ccccc1)OC)N(C)C(=O)[C@@H](N)C(C)(C)O. The summed E-state index contributed by atoms with van der Waals surface area (Å²) in [7, 11) is 4.70. The summed E-state index contributed by atoms with van der Waals surface area (Å²) in [6.45, 7) is 11.0. The smallest absolute Gasteiger partial charge is 0.242 e. The molecule has 0 spiro atoms. The molecular weight excluding hydrogens is 564 g/mol. The van der Waals surface area contributed by atoms with Crippen LogP contribution in [-0.2, 0) is 23.9 Å². The van der Waals surface area contributed by atoms with Crippen LogP contribution in [0.3, 0.4) is 0 Å². The predicted molar refractivity (Wildman–Crippen MR) is 169 cm³/mol. The highest BCUT2D eigenvalue weighted by atomic mass is 16.5. The average Bonchev–Trinajstić information content (AvgIpc) is 3.49. The molecule has 1 aromatic rings. The first-order chi connectivity index (χ1) is 20.6. The van der Waals surface area contributed by atoms with Gasteiger partial charge in [0.05, 0.1) is 54.4 Å². The van der Waals surface area contributed by atoms with E-state index in [4.69, 9.17) is 15.2 Å². The van der Waals surface area contributed by atoms with Gasteiger partial charge < -0.3 is 40.5 Å². The number of likely N-dealkylation sites (tertiary alicyclic amines) is 1. The number of amides is 3. The number of hydrogen-bond donors (Lipinski definition) is 4. The maximum Gasteiger partial charge on any atom is 0.242 e. The number of carbonyl (C=O) groups is 3. The fourth-order valence-corrected chi connectivity index (χ4v) is 6.20. The largest absolute Gasteiger partial charge is 0.388 e. The Balaban J connectivity index is 2.19. The lowest BCUT2D eigenvalue weighted by Gasteiger charge is -2.41. The standard InChI is InChI=1S/C33H56N4O7/c1-10-20(2)27(36(7)32(41)30(34)33(5,6)42)25(43-8)19-26(38)37-18-14-17-24(37)29(44-9)21(3)31(40)35-22(4)28(39)23-15-12-11-13-16-23/h11-13,15-16,20-22,24-25,27-30,39,42H,10,14,17-19,34H2,1-9H3,(H,35,40)/t20-,21+,22+,24-,25+,27-,28+,29+,30+/m0/s1. The molecule has 11 nitrogen and oxygen atoms in total. The number of aliphatic hydroxyl groups is 2. The van der Waals surface area contributed by atoms with Gasteiger partial charge in [0.25, 0.3) is 0 Å². The molecule has 11 heteroatoms. The maximum atomic E-state index is 13.9. The number of ether oxygens (including phenoxy) is 2. The highest BCUT2D eigenvalue weighted by Crippen LogP contribution is 2.30. The monoisotopic (exact) mass is 620 g/mol. The molecule has 0 aromatic heterocycles. The highest BCUT2D eigenvalue weighted by Gasteiger charge is 2.43. The average molecular weight is 621 g/mol. The van der Waals surface area contributed by atoms with E-state index in [0.717, 1.165) is 12.8 Å². The Morgan fingerprint density at radius 2 is 1.75 bits per heavy atom. The topological polar surface area (TPSA) is 155 Å². The number of nitrogens with two attached hydrogens (primary N) is 1. The molecule has 1 aliphatic heterocycles. The minimum atomic E-state index is -1.41. The second-order valence-electron chi connectivity index (χ2n) is 12.9. The summed E-state index contributed by atoms with van der Waals surface area (Å²) >= 11 is 0. The van der Waals surface area contributed by atoms with Crippen LogP contribution in [0.4, 0.5) is 0 Å². The van der Waals surface area contributed by atoms with Gasteiger partial charge in [-0.15, -0.1) is 0 Å². The molecule has 0 saturated carbocycles. The van der Waals surface area contributed by atoms with Gasteiger partial charge in [-0.25, -0.2) is 0 Å². The maximum absolute atomic E-state index is 13.9. The van der Waals surface area contributed by atoms with E-state index in [0.29, 0.717) is 18.5 Å². The van der Waals surface area contributed by atoms with Crippen LogP contribution < -0.4 is 11.1 Å². The van der Waals surface area contributed by atoms with Crippen molar-refractivity contribution in [1.82, 2.24) is 15.1 Å². The third-order valence-electron chi connectivity index (χ3n) is 9.27. The van der Waals surface area contributed by atoms with Crippen LogP contribution in [0.25, 0.3) is 0 Å². The minimum Gasteiger partial charge on any atom is -0.388 e. The molecule has 250 valence electrons. The first-order valence-electron chi connectivity index (χ1n) is 15.7. The van der Waals surface area contributed by atoms with Crippen molar-refractivity contribution in [3.05, 3.63) is 35.9 Å². The Morgan fingerprint density at radius 3 is 2.27 bits per heavy atom. The van der Waals surface area contributed by atoms with Gasteiger partial charge in [-0.1, -0.05) is 57.5 Å². The number of hydrogen-bond acceptors (Lipinski definition) is 8. The Hall–Kier alpha value is -2.57. The van der Waals surface area contributed by atoms with Crippen LogP contribution in [0.1, 0.15) is 78.9 Å². The molecule has 0 radical (unpaired) electrons. The van der Waals surface area contributed by atoms with E-state index in [1.807, 2.05) is 44.2 Å². The molecule has 0 aliphatic carbocycles. The number of nitrogens with one attached hydrogen (secondary N) is 1. The number of carbonyl (C=O) groups excluding carboxylic acids is 3. The van der Waals surface area contributed by atoms with Crippen molar-refractivity contribution in [2.45, 2.75) is 115 Å². The zero-order valence-corrected chi connectivity index (χ0v) is 28.0. The Morgan fingerprint density at radius 1 is 1.14 bits per heavy atom. The third-order valence-corrected chi connectivity index (χ3v) is 9.27. The number of benzene rings is 1. The van der Waals surface area contributed by atoms with Gasteiger partial charge in [0.2, 0.25) is 17.7 Å². The van der Waals surface area contributed by atoms with Gasteiger partial charge in [-0.05, 0) is 45.1 Å². The number of nitrogens with zero attached hydrogens (tertiary/aromatic N) is 2. The van der Waals surface area contributed by atoms with Gasteiger partial charge in [0, 0.05) is 27.8 Å². The lowest BCUT2D eigenvalue weighted by Crippen LogP contribution is -2.59. The molecule has 2 rings (SSSR count). The van der Waals surface area contributed by atoms with Crippen molar-refractivity contribution >= 4 is 17.7 Å². The van der Waals surface area contributed by atoms with Gasteiger partial charge in [0.15, 0.2) is 0 Å². The van der Waals surface area contributed by atoms with E-state index in [2.05, 4.69) is 5.32 Å². The summed E-state index contributed by atoms with van der Waals surface area (Å²) in [4.78, 5) is 43.7. The normalized spacial score (nSPS) is 21.0. The van der Waals surface area contributed by atoms with Crippen molar-refractivity contribution in [1.29, 1.82) is 0 Å². The second-order valence-corrected chi connectivity index (χ2v) is 12.9. The lowest BCUT2D eigenvalue weighted by molar-refractivity contribution is -0.148. The number of aliphatic hydroxyl groups excluding tert-OH is 1. The quantitative estimate of drug-likeness (QED) is 0.219. The molecule has 9 atom stereocenters. The minimum absolute atomic E-state index is 0.0197. The Labute approximate surface area is 263 Å². The fourth-order valence-electron chi connectivity index (χ4n) is 6.20. The molecule has 1 aliphatic rings. The fraction of sp³-hybridized carbons (Fsp3) is 0.727. The van der Waals surface area contributed by atoms with Gasteiger partial charge in [0.1, 0.15) is 6.04 Å². The summed E-state index contributed by atoms with van der Waals surface area (Å²) < 4.78 is 11.7. The van der Waals surface area contributed by atoms with Crippen molar-refractivity contribution in [2.75, 3.05) is 27.8 Å². The Kier molecular flexibility index (Phi) is 14.2. The predicted octanol–water partition coefficient (Wildman–Crippen LogP) is 2.24. The van der Waals surface area contributed by atoms with Crippen LogP contribution >= 0.6 is 0 Å². The number of rotatable bonds is 16. The van der Waals surface area contributed by atoms with Crippen molar-refractivity contribution < 1.29 is 34.1 Å². The molecule has 44 heavy (non-hydrogen) atoms. The molecule has 0 unspecified atom stereocenters. The lowest BCUT2D eigenvalue weighted by atomic mass is 9.89. The van der Waals surface area contributed by atoms with Crippen LogP contribution in [0.5, 0.6) is 0 Å². The molecule has 1 saturated heterocycles. The molecule has 1 aromatic carbocycles. The van der Waals surface area contributed by atoms with E-state index < -0.39 is 53.9 Å². The molecule has 3 amide bonds. The summed E-state index contributed by atoms with van der Waals surface area (Å²) in [5, 5.41) is 24.0. The summed E-state index contributed by atoms with van der Waals surface area (Å²) in [5.74, 6) is -1.46. The Bertz CT molecular complexity index is 1070.